The molecule has 1 fully saturated rings. The van der Waals surface area contributed by atoms with E-state index in [1.807, 2.05) is 19.1 Å². The number of aromatic nitrogens is 3. The Morgan fingerprint density at radius 3 is 2.88 bits per heavy atom. The van der Waals surface area contributed by atoms with Crippen molar-refractivity contribution in [3.05, 3.63) is 28.7 Å². The highest BCUT2D eigenvalue weighted by Crippen LogP contribution is 2.24. The van der Waals surface area contributed by atoms with Crippen LogP contribution in [0.15, 0.2) is 12.1 Å². The van der Waals surface area contributed by atoms with Crippen LogP contribution in [0.2, 0.25) is 5.15 Å². The van der Waals surface area contributed by atoms with Crippen LogP contribution in [-0.2, 0) is 0 Å². The molecule has 90 valence electrons. The quantitative estimate of drug-likeness (QED) is 0.789. The first-order chi connectivity index (χ1) is 8.24. The third kappa shape index (κ3) is 2.03. The smallest absolute Gasteiger partial charge is 0.157 e. The van der Waals surface area contributed by atoms with Gasteiger partial charge in [-0.2, -0.15) is 0 Å². The van der Waals surface area contributed by atoms with Crippen LogP contribution >= 0.6 is 11.6 Å². The normalized spacial score (nSPS) is 17.8. The van der Waals surface area contributed by atoms with Crippen LogP contribution in [0.1, 0.15) is 30.1 Å². The second-order valence-electron chi connectivity index (χ2n) is 4.62. The molecule has 0 saturated carbocycles. The Morgan fingerprint density at radius 2 is 2.12 bits per heavy atom. The molecule has 0 aliphatic carbocycles. The second kappa shape index (κ2) is 4.27. The van der Waals surface area contributed by atoms with Crippen molar-refractivity contribution in [1.82, 2.24) is 19.9 Å². The summed E-state index contributed by atoms with van der Waals surface area (Å²) in [6, 6.07) is 3.93. The minimum Gasteiger partial charge on any atom is -0.317 e. The number of rotatable bonds is 1. The van der Waals surface area contributed by atoms with Gasteiger partial charge in [0, 0.05) is 5.92 Å². The van der Waals surface area contributed by atoms with Gasteiger partial charge >= 0.3 is 0 Å². The van der Waals surface area contributed by atoms with Crippen molar-refractivity contribution >= 4 is 17.2 Å². The maximum absolute atomic E-state index is 6.16. The molecule has 0 aromatic carbocycles. The minimum atomic E-state index is 0.465. The maximum atomic E-state index is 6.16. The molecule has 2 aromatic rings. The first-order valence-corrected chi connectivity index (χ1v) is 6.35. The standard InChI is InChI=1S/C12H15ClN4/c1-8-6-10(13)17-11(7-8)15-12(16-17)9-2-4-14-5-3-9/h6-7,9,14H,2-5H2,1H3. The van der Waals surface area contributed by atoms with Gasteiger partial charge in [0.15, 0.2) is 11.5 Å². The Balaban J connectivity index is 2.03. The van der Waals surface area contributed by atoms with Crippen molar-refractivity contribution in [1.29, 1.82) is 0 Å². The summed E-state index contributed by atoms with van der Waals surface area (Å²) in [6.07, 6.45) is 2.21. The molecule has 3 heterocycles. The maximum Gasteiger partial charge on any atom is 0.157 e. The van der Waals surface area contributed by atoms with Gasteiger partial charge in [0.05, 0.1) is 0 Å². The van der Waals surface area contributed by atoms with E-state index in [4.69, 9.17) is 11.6 Å². The second-order valence-corrected chi connectivity index (χ2v) is 5.01. The molecule has 3 rings (SSSR count). The zero-order chi connectivity index (χ0) is 11.8. The van der Waals surface area contributed by atoms with E-state index in [-0.39, 0.29) is 0 Å². The van der Waals surface area contributed by atoms with Crippen LogP contribution < -0.4 is 5.32 Å². The molecule has 0 bridgehead atoms. The summed E-state index contributed by atoms with van der Waals surface area (Å²) in [6.45, 7) is 4.12. The number of hydrogen-bond donors (Lipinski definition) is 1. The number of hydrogen-bond acceptors (Lipinski definition) is 3. The first kappa shape index (κ1) is 11.0. The van der Waals surface area contributed by atoms with Crippen molar-refractivity contribution < 1.29 is 0 Å². The van der Waals surface area contributed by atoms with E-state index in [0.717, 1.165) is 43.0 Å². The molecule has 1 N–H and O–H groups in total. The molecule has 1 saturated heterocycles. The Labute approximate surface area is 105 Å². The van der Waals surface area contributed by atoms with Gasteiger partial charge < -0.3 is 5.32 Å². The van der Waals surface area contributed by atoms with Crippen LogP contribution in [0.3, 0.4) is 0 Å². The number of aryl methyl sites for hydroxylation is 1. The van der Waals surface area contributed by atoms with Gasteiger partial charge in [-0.3, -0.25) is 0 Å². The average Bonchev–Trinajstić information content (AvgIpc) is 2.74. The fraction of sp³-hybridized carbons (Fsp3) is 0.500. The van der Waals surface area contributed by atoms with Crippen LogP contribution in [0.5, 0.6) is 0 Å². The lowest BCUT2D eigenvalue weighted by molar-refractivity contribution is 0.445. The van der Waals surface area contributed by atoms with Crippen molar-refractivity contribution in [2.75, 3.05) is 13.1 Å². The summed E-state index contributed by atoms with van der Waals surface area (Å²) in [5, 5.41) is 8.51. The molecule has 1 aliphatic rings. The van der Waals surface area contributed by atoms with Crippen LogP contribution in [-0.4, -0.2) is 27.7 Å². The van der Waals surface area contributed by atoms with Gasteiger partial charge in [-0.15, -0.1) is 5.10 Å². The number of fused-ring (bicyclic) bond motifs is 1. The molecule has 17 heavy (non-hydrogen) atoms. The van der Waals surface area contributed by atoms with E-state index in [1.54, 1.807) is 4.52 Å². The van der Waals surface area contributed by atoms with E-state index < -0.39 is 0 Å². The number of pyridine rings is 1. The molecular weight excluding hydrogens is 236 g/mol. The van der Waals surface area contributed by atoms with E-state index in [1.165, 1.54) is 0 Å². The van der Waals surface area contributed by atoms with Gasteiger partial charge in [-0.25, -0.2) is 9.50 Å². The molecule has 5 heteroatoms. The average molecular weight is 251 g/mol. The number of nitrogens with zero attached hydrogens (tertiary/aromatic N) is 3. The van der Waals surface area contributed by atoms with Crippen LogP contribution in [0.4, 0.5) is 0 Å². The lowest BCUT2D eigenvalue weighted by atomic mass is 9.98. The van der Waals surface area contributed by atoms with Gasteiger partial charge in [0.2, 0.25) is 0 Å². The molecule has 0 spiro atoms. The highest BCUT2D eigenvalue weighted by Gasteiger charge is 2.20. The Hall–Kier alpha value is -1.13. The van der Waals surface area contributed by atoms with E-state index >= 15 is 0 Å². The third-order valence-corrected chi connectivity index (χ3v) is 3.53. The molecule has 0 amide bonds. The highest BCUT2D eigenvalue weighted by molar-refractivity contribution is 6.29. The summed E-state index contributed by atoms with van der Waals surface area (Å²) in [5.41, 5.74) is 1.97. The van der Waals surface area contributed by atoms with Gasteiger partial charge in [0.1, 0.15) is 5.15 Å². The van der Waals surface area contributed by atoms with Crippen molar-refractivity contribution in [3.63, 3.8) is 0 Å². The Kier molecular flexibility index (Phi) is 2.76. The summed E-state index contributed by atoms with van der Waals surface area (Å²) < 4.78 is 1.73. The molecule has 0 unspecified atom stereocenters. The summed E-state index contributed by atoms with van der Waals surface area (Å²) >= 11 is 6.16. The predicted octanol–water partition coefficient (Wildman–Crippen LogP) is 2.16. The van der Waals surface area contributed by atoms with Gasteiger partial charge in [0.25, 0.3) is 0 Å². The summed E-state index contributed by atoms with van der Waals surface area (Å²) in [7, 11) is 0. The van der Waals surface area contributed by atoms with Crippen LogP contribution in [0, 0.1) is 6.92 Å². The number of piperidine rings is 1. The fourth-order valence-corrected chi connectivity index (χ4v) is 2.64. The lowest BCUT2D eigenvalue weighted by Crippen LogP contribution is -2.27. The predicted molar refractivity (Wildman–Crippen MR) is 67.6 cm³/mol. The van der Waals surface area contributed by atoms with Gasteiger partial charge in [-0.05, 0) is 50.6 Å². The Morgan fingerprint density at radius 1 is 1.35 bits per heavy atom. The zero-order valence-corrected chi connectivity index (χ0v) is 10.5. The van der Waals surface area contributed by atoms with Crippen molar-refractivity contribution in [2.45, 2.75) is 25.7 Å². The molecule has 1 aliphatic heterocycles. The molecular formula is C12H15ClN4. The number of nitrogens with one attached hydrogen (secondary N) is 1. The number of halogens is 1. The molecule has 0 radical (unpaired) electrons. The van der Waals surface area contributed by atoms with Crippen LogP contribution in [0.25, 0.3) is 5.65 Å². The topological polar surface area (TPSA) is 42.2 Å². The van der Waals surface area contributed by atoms with Gasteiger partial charge in [-0.1, -0.05) is 11.6 Å². The van der Waals surface area contributed by atoms with Crippen molar-refractivity contribution in [2.24, 2.45) is 0 Å². The highest BCUT2D eigenvalue weighted by atomic mass is 35.5. The molecule has 0 atom stereocenters. The fourth-order valence-electron chi connectivity index (χ4n) is 2.34. The van der Waals surface area contributed by atoms with E-state index in [2.05, 4.69) is 15.4 Å². The monoisotopic (exact) mass is 250 g/mol. The Bertz CT molecular complexity index is 543. The zero-order valence-electron chi connectivity index (χ0n) is 9.78. The first-order valence-electron chi connectivity index (χ1n) is 5.97. The largest absolute Gasteiger partial charge is 0.317 e. The SMILES string of the molecule is Cc1cc(Cl)n2nc(C3CCNCC3)nc2c1. The third-order valence-electron chi connectivity index (χ3n) is 3.26. The lowest BCUT2D eigenvalue weighted by Gasteiger charge is -2.19. The summed E-state index contributed by atoms with van der Waals surface area (Å²) in [4.78, 5) is 4.60. The summed E-state index contributed by atoms with van der Waals surface area (Å²) in [5.74, 6) is 1.39. The molecule has 2 aromatic heterocycles. The van der Waals surface area contributed by atoms with E-state index in [0.29, 0.717) is 11.1 Å². The van der Waals surface area contributed by atoms with Crippen molar-refractivity contribution in [3.8, 4) is 0 Å². The van der Waals surface area contributed by atoms with E-state index in [9.17, 15) is 0 Å². The minimum absolute atomic E-state index is 0.465. The molecule has 4 nitrogen and oxygen atoms in total.